The molecule has 21 heteroatoms. The molecular weight excluding hydrogens is 1050 g/mol. The molecular formula is C60H60F5N9O7. The molecule has 0 radical (unpaired) electrons. The number of pyridine rings is 1. The molecule has 16 nitrogen and oxygen atoms in total. The largest absolute Gasteiger partial charge is 0.508 e. The maximum absolute atomic E-state index is 17.1. The van der Waals surface area contributed by atoms with Gasteiger partial charge in [-0.05, 0) is 90.5 Å². The number of aliphatic hydroxyl groups excluding tert-OH is 1. The number of alkyl halides is 1. The van der Waals surface area contributed by atoms with E-state index >= 15 is 13.2 Å². The van der Waals surface area contributed by atoms with Crippen LogP contribution < -0.4 is 25.0 Å². The van der Waals surface area contributed by atoms with Gasteiger partial charge in [-0.1, -0.05) is 56.2 Å². The van der Waals surface area contributed by atoms with Crippen molar-refractivity contribution in [1.29, 1.82) is 0 Å². The first-order valence-electron chi connectivity index (χ1n) is 27.2. The topological polar surface area (TPSA) is 192 Å². The summed E-state index contributed by atoms with van der Waals surface area (Å²) in [6, 6.07) is 15.7. The number of amides is 2. The lowest BCUT2D eigenvalue weighted by molar-refractivity contribution is -0.141. The molecule has 2 bridgehead atoms. The van der Waals surface area contributed by atoms with Crippen molar-refractivity contribution in [2.24, 2.45) is 5.92 Å². The highest BCUT2D eigenvalue weighted by molar-refractivity contribution is 6.03. The number of likely N-dealkylation sites (tertiary alicyclic amines) is 2. The summed E-state index contributed by atoms with van der Waals surface area (Å²) in [6.45, 7) is 7.30. The Bertz CT molecular complexity index is 3540. The summed E-state index contributed by atoms with van der Waals surface area (Å²) in [4.78, 5) is 47.4. The number of aliphatic hydroxyl groups is 1. The fraction of sp³-hybridized carbons (Fsp3) is 0.400. The number of phenols is 1. The molecule has 4 aliphatic rings. The van der Waals surface area contributed by atoms with Gasteiger partial charge in [0.1, 0.15) is 71.1 Å². The number of terminal acetylenes is 1. The number of halogens is 5. The van der Waals surface area contributed by atoms with Gasteiger partial charge in [-0.25, -0.2) is 22.0 Å². The van der Waals surface area contributed by atoms with Gasteiger partial charge >= 0.3 is 6.01 Å². The van der Waals surface area contributed by atoms with Crippen LogP contribution in [0, 0.1) is 41.5 Å². The molecule has 6 atom stereocenters. The van der Waals surface area contributed by atoms with Crippen LogP contribution in [0.4, 0.5) is 27.8 Å². The normalized spacial score (nSPS) is 20.7. The van der Waals surface area contributed by atoms with Crippen molar-refractivity contribution in [3.8, 4) is 52.4 Å². The molecule has 2 amide bonds. The van der Waals surface area contributed by atoms with Crippen molar-refractivity contribution in [2.75, 3.05) is 57.4 Å². The molecule has 4 aromatic carbocycles. The number of aromatic nitrogens is 4. The summed E-state index contributed by atoms with van der Waals surface area (Å²) in [5, 5.41) is 32.9. The molecule has 4 saturated heterocycles. The third kappa shape index (κ3) is 11.2. The summed E-state index contributed by atoms with van der Waals surface area (Å²) in [5.74, 6) is -2.41. The van der Waals surface area contributed by atoms with E-state index in [4.69, 9.17) is 25.4 Å². The Morgan fingerprint density at radius 3 is 2.37 bits per heavy atom. The quantitative estimate of drug-likeness (QED) is 0.0532. The summed E-state index contributed by atoms with van der Waals surface area (Å²) in [5.41, 5.74) is -1.19. The van der Waals surface area contributed by atoms with Crippen molar-refractivity contribution in [2.45, 2.75) is 94.7 Å². The Morgan fingerprint density at radius 2 is 1.67 bits per heavy atom. The molecule has 0 spiro atoms. The van der Waals surface area contributed by atoms with E-state index in [1.165, 1.54) is 59.6 Å². The van der Waals surface area contributed by atoms with Crippen LogP contribution in [0.1, 0.15) is 81.7 Å². The van der Waals surface area contributed by atoms with Crippen molar-refractivity contribution in [3.63, 3.8) is 0 Å². The number of piperidine rings is 1. The van der Waals surface area contributed by atoms with Crippen molar-refractivity contribution in [1.82, 2.24) is 40.5 Å². The highest BCUT2D eigenvalue weighted by Crippen LogP contribution is 2.40. The highest BCUT2D eigenvalue weighted by atomic mass is 19.2. The van der Waals surface area contributed by atoms with Crippen LogP contribution in [0.3, 0.4) is 0 Å². The number of anilines is 1. The van der Waals surface area contributed by atoms with Gasteiger partial charge in [-0.2, -0.15) is 9.97 Å². The minimum atomic E-state index is -1.73. The number of carbonyl (C=O) groups excluding carboxylic acids is 2. The first-order chi connectivity index (χ1) is 38.9. The lowest BCUT2D eigenvalue weighted by Crippen LogP contribution is -2.51. The molecule has 0 aliphatic carbocycles. The van der Waals surface area contributed by atoms with Crippen LogP contribution in [-0.2, 0) is 9.59 Å². The Balaban J connectivity index is 0.713. The Hall–Kier alpha value is -7.93. The van der Waals surface area contributed by atoms with Gasteiger partial charge in [-0.3, -0.25) is 19.5 Å². The molecule has 4 N–H and O–H groups in total. The molecule has 4 aliphatic heterocycles. The number of rotatable bonds is 16. The Morgan fingerprint density at radius 1 is 0.938 bits per heavy atom. The number of nitrogens with zero attached hydrogens (tertiary/aromatic N) is 7. The van der Waals surface area contributed by atoms with E-state index < -0.39 is 64.9 Å². The number of fused-ring (bicyclic) bond motifs is 4. The van der Waals surface area contributed by atoms with Crippen LogP contribution in [0.2, 0.25) is 0 Å². The van der Waals surface area contributed by atoms with Crippen molar-refractivity contribution in [3.05, 3.63) is 119 Å². The molecule has 7 aromatic rings. The number of nitrogens with one attached hydrogen (secondary N) is 2. The Labute approximate surface area is 463 Å². The smallest absolute Gasteiger partial charge is 0.319 e. The van der Waals surface area contributed by atoms with Crippen LogP contribution in [0.25, 0.3) is 44.1 Å². The fourth-order valence-corrected chi connectivity index (χ4v) is 11.8. The van der Waals surface area contributed by atoms with E-state index in [1.54, 1.807) is 45.0 Å². The number of aromatic hydroxyl groups is 1. The van der Waals surface area contributed by atoms with Crippen LogP contribution >= 0.6 is 0 Å². The van der Waals surface area contributed by atoms with Gasteiger partial charge in [0.15, 0.2) is 11.6 Å². The molecule has 2 unspecified atom stereocenters. The second kappa shape index (κ2) is 22.5. The monoisotopic (exact) mass is 1110 g/mol. The van der Waals surface area contributed by atoms with Gasteiger partial charge in [0.2, 0.25) is 11.8 Å². The molecule has 4 fully saturated rings. The highest BCUT2D eigenvalue weighted by Gasteiger charge is 2.44. The number of carbonyl (C=O) groups is 2. The van der Waals surface area contributed by atoms with Gasteiger partial charge in [0, 0.05) is 81.0 Å². The summed E-state index contributed by atoms with van der Waals surface area (Å²) in [6.07, 6.45) is 8.43. The van der Waals surface area contributed by atoms with E-state index in [0.717, 1.165) is 12.8 Å². The second-order valence-electron chi connectivity index (χ2n) is 22.0. The summed E-state index contributed by atoms with van der Waals surface area (Å²) >= 11 is 0. The van der Waals surface area contributed by atoms with Crippen molar-refractivity contribution < 1.29 is 55.8 Å². The number of piperazine rings is 1. The molecule has 422 valence electrons. The van der Waals surface area contributed by atoms with Crippen LogP contribution in [0.15, 0.2) is 83.5 Å². The van der Waals surface area contributed by atoms with E-state index in [1.807, 2.05) is 4.90 Å². The Kier molecular flexibility index (Phi) is 15.3. The number of β-amino-alcohol motifs (C(OH)–C–C–N with tert-alkyl or cyclic N) is 1. The predicted molar refractivity (Wildman–Crippen MR) is 291 cm³/mol. The molecule has 7 heterocycles. The number of hydrogen-bond acceptors (Lipinski definition) is 14. The first-order valence-corrected chi connectivity index (χ1v) is 27.2. The summed E-state index contributed by atoms with van der Waals surface area (Å²) < 4.78 is 95.0. The number of benzene rings is 4. The standard InChI is InChI=1S/C60H60F5N9O7/c1-5-41-44(61)16-13-36-23-39(75)24-42(51(36)41)54-53(64)55-43(27-66-54)56(73-28-37-14-15-38(29-73)68-37)70-59(69-55)79-22-21-72-19-17-60(65,18-20-72)31-80-49-26-48(81-71-49)50(32(2)3)58(78)74-30-40(76)25-47(74)57(77)67-33(4)34-9-11-35(12-10-34)52-45(62)7-6-8-46(52)63/h1,6-13,16,23-24,26-27,32-33,37-38,40,47,50,68,75-76H,14-15,17-22,25,28-31H2,2-4H3,(H,67,77)/t33-,37?,38?,40+,47-,50+/m0/s1. The van der Waals surface area contributed by atoms with Crippen molar-refractivity contribution >= 4 is 39.3 Å². The van der Waals surface area contributed by atoms with E-state index in [2.05, 4.69) is 36.6 Å². The minimum Gasteiger partial charge on any atom is -0.508 e. The zero-order valence-electron chi connectivity index (χ0n) is 44.8. The van der Waals surface area contributed by atoms with Crippen LogP contribution in [0.5, 0.6) is 17.6 Å². The SMILES string of the molecule is C#Cc1c(F)ccc2cc(O)cc(-c3ncc4c(N5CC6CCC(C5)N6)nc(OCCN5CCC(F)(COc6cc([C@H](C(=O)N7C[C@H](O)C[C@H]7C(=O)N[C@@H](C)c7ccc(-c8c(F)cccc8F)cc7)C(C)C)on6)CC5)nc4c3F)c12. The van der Waals surface area contributed by atoms with E-state index in [9.17, 15) is 28.6 Å². The maximum atomic E-state index is 17.1. The van der Waals surface area contributed by atoms with E-state index in [0.29, 0.717) is 60.4 Å². The van der Waals surface area contributed by atoms with E-state index in [-0.39, 0.29) is 114 Å². The molecule has 0 saturated carbocycles. The lowest BCUT2D eigenvalue weighted by atomic mass is 9.91. The average Bonchev–Trinajstić information content (AvgIpc) is 4.24. The zero-order valence-corrected chi connectivity index (χ0v) is 44.8. The first kappa shape index (κ1) is 55.0. The number of phenolic OH excluding ortho intramolecular Hbond substituents is 1. The number of ether oxygens (including phenoxy) is 2. The number of hydrogen-bond donors (Lipinski definition) is 4. The maximum Gasteiger partial charge on any atom is 0.319 e. The fourth-order valence-electron chi connectivity index (χ4n) is 11.8. The molecule has 81 heavy (non-hydrogen) atoms. The van der Waals surface area contributed by atoms with Gasteiger partial charge < -0.3 is 44.6 Å². The molecule has 11 rings (SSSR count). The molecule has 3 aromatic heterocycles. The lowest BCUT2D eigenvalue weighted by Gasteiger charge is -2.35. The van der Waals surface area contributed by atoms with Crippen LogP contribution in [-0.4, -0.2) is 134 Å². The van der Waals surface area contributed by atoms with Gasteiger partial charge in [0.05, 0.1) is 28.7 Å². The predicted octanol–water partition coefficient (Wildman–Crippen LogP) is 8.52. The average molecular weight is 1110 g/mol. The summed E-state index contributed by atoms with van der Waals surface area (Å²) in [7, 11) is 0. The minimum absolute atomic E-state index is 0.00545. The third-order valence-electron chi connectivity index (χ3n) is 16.1. The van der Waals surface area contributed by atoms with Gasteiger partial charge in [0.25, 0.3) is 5.88 Å². The zero-order chi connectivity index (χ0) is 56.9. The third-order valence-corrected chi connectivity index (χ3v) is 16.1. The second-order valence-corrected chi connectivity index (χ2v) is 22.0. The van der Waals surface area contributed by atoms with Gasteiger partial charge in [-0.15, -0.1) is 6.42 Å².